The molecule has 0 saturated carbocycles. The highest BCUT2D eigenvalue weighted by atomic mass is 32.2. The van der Waals surface area contributed by atoms with Crippen LogP contribution in [-0.4, -0.2) is 36.9 Å². The quantitative estimate of drug-likeness (QED) is 0.368. The van der Waals surface area contributed by atoms with Gasteiger partial charge in [-0.2, -0.15) is 4.98 Å². The van der Waals surface area contributed by atoms with E-state index in [0.29, 0.717) is 13.0 Å². The van der Waals surface area contributed by atoms with E-state index in [9.17, 15) is 12.8 Å². The molecule has 1 aromatic heterocycles. The summed E-state index contributed by atoms with van der Waals surface area (Å²) in [7, 11) is -3.00. The van der Waals surface area contributed by atoms with Crippen molar-refractivity contribution in [1.82, 2.24) is 9.97 Å². The number of nitrogen functional groups attached to an aromatic ring is 1. The first-order valence-electron chi connectivity index (χ1n) is 4.83. The summed E-state index contributed by atoms with van der Waals surface area (Å²) in [5.74, 6) is 4.56. The van der Waals surface area contributed by atoms with Gasteiger partial charge in [-0.3, -0.25) is 5.43 Å². The molecular formula is C8H14FN5O2S. The average molecular weight is 263 g/mol. The molecule has 0 saturated heterocycles. The van der Waals surface area contributed by atoms with Gasteiger partial charge in [-0.15, -0.1) is 0 Å². The molecule has 96 valence electrons. The highest BCUT2D eigenvalue weighted by Crippen LogP contribution is 2.10. The third-order valence-corrected chi connectivity index (χ3v) is 2.89. The molecule has 4 N–H and O–H groups in total. The van der Waals surface area contributed by atoms with Crippen LogP contribution in [0.1, 0.15) is 6.42 Å². The molecule has 0 radical (unpaired) electrons. The average Bonchev–Trinajstić information content (AvgIpc) is 2.25. The van der Waals surface area contributed by atoms with Crippen LogP contribution in [0.5, 0.6) is 0 Å². The summed E-state index contributed by atoms with van der Waals surface area (Å²) in [4.78, 5) is 7.31. The van der Waals surface area contributed by atoms with Crippen LogP contribution >= 0.6 is 0 Å². The molecule has 0 unspecified atom stereocenters. The van der Waals surface area contributed by atoms with Gasteiger partial charge < -0.3 is 5.32 Å². The SMILES string of the molecule is CS(=O)(=O)CCCNc1nc(NN)ncc1F. The Morgan fingerprint density at radius 2 is 2.24 bits per heavy atom. The lowest BCUT2D eigenvalue weighted by Crippen LogP contribution is -2.14. The lowest BCUT2D eigenvalue weighted by Gasteiger charge is -2.07. The van der Waals surface area contributed by atoms with Crippen LogP contribution in [0.3, 0.4) is 0 Å². The van der Waals surface area contributed by atoms with Gasteiger partial charge in [-0.1, -0.05) is 0 Å². The van der Waals surface area contributed by atoms with Crippen molar-refractivity contribution < 1.29 is 12.8 Å². The van der Waals surface area contributed by atoms with E-state index < -0.39 is 15.7 Å². The fourth-order valence-corrected chi connectivity index (χ4v) is 1.77. The van der Waals surface area contributed by atoms with Crippen LogP contribution in [0.15, 0.2) is 6.20 Å². The van der Waals surface area contributed by atoms with Crippen molar-refractivity contribution in [2.45, 2.75) is 6.42 Å². The maximum Gasteiger partial charge on any atom is 0.239 e. The first-order valence-corrected chi connectivity index (χ1v) is 6.89. The molecule has 1 heterocycles. The number of rotatable bonds is 6. The van der Waals surface area contributed by atoms with E-state index in [4.69, 9.17) is 5.84 Å². The molecule has 0 fully saturated rings. The summed E-state index contributed by atoms with van der Waals surface area (Å²) < 4.78 is 34.9. The van der Waals surface area contributed by atoms with Crippen LogP contribution in [-0.2, 0) is 9.84 Å². The van der Waals surface area contributed by atoms with Gasteiger partial charge >= 0.3 is 0 Å². The molecule has 0 aliphatic rings. The number of halogens is 1. The predicted octanol–water partition coefficient (Wildman–Crippen LogP) is -0.252. The zero-order chi connectivity index (χ0) is 12.9. The third-order valence-electron chi connectivity index (χ3n) is 1.86. The first-order chi connectivity index (χ1) is 7.92. The number of anilines is 2. The van der Waals surface area contributed by atoms with Crippen molar-refractivity contribution in [3.8, 4) is 0 Å². The van der Waals surface area contributed by atoms with Crippen LogP contribution in [0.25, 0.3) is 0 Å². The number of aromatic nitrogens is 2. The van der Waals surface area contributed by atoms with E-state index in [1.165, 1.54) is 0 Å². The minimum atomic E-state index is -3.00. The smallest absolute Gasteiger partial charge is 0.239 e. The fraction of sp³-hybridized carbons (Fsp3) is 0.500. The number of nitrogens with one attached hydrogen (secondary N) is 2. The Kier molecular flexibility index (Phi) is 4.58. The third kappa shape index (κ3) is 4.91. The summed E-state index contributed by atoms with van der Waals surface area (Å²) >= 11 is 0. The molecule has 1 aromatic rings. The second-order valence-corrected chi connectivity index (χ2v) is 5.70. The van der Waals surface area contributed by atoms with Crippen molar-refractivity contribution >= 4 is 21.6 Å². The van der Waals surface area contributed by atoms with E-state index in [1.54, 1.807) is 0 Å². The number of hydrogen-bond acceptors (Lipinski definition) is 7. The Hall–Kier alpha value is -1.48. The number of hydrogen-bond donors (Lipinski definition) is 3. The fourth-order valence-electron chi connectivity index (χ4n) is 1.10. The number of nitrogens with zero attached hydrogens (tertiary/aromatic N) is 2. The van der Waals surface area contributed by atoms with Gasteiger partial charge in [0.1, 0.15) is 9.84 Å². The van der Waals surface area contributed by atoms with Crippen LogP contribution in [0.2, 0.25) is 0 Å². The zero-order valence-corrected chi connectivity index (χ0v) is 10.1. The van der Waals surface area contributed by atoms with Crippen LogP contribution in [0, 0.1) is 5.82 Å². The molecular weight excluding hydrogens is 249 g/mol. The topological polar surface area (TPSA) is 110 Å². The molecule has 0 atom stereocenters. The Labute approximate surface area is 98.5 Å². The van der Waals surface area contributed by atoms with Gasteiger partial charge in [-0.05, 0) is 6.42 Å². The molecule has 0 aliphatic heterocycles. The highest BCUT2D eigenvalue weighted by Gasteiger charge is 2.06. The van der Waals surface area contributed by atoms with E-state index in [-0.39, 0.29) is 17.5 Å². The summed E-state index contributed by atoms with van der Waals surface area (Å²) in [6.45, 7) is 0.297. The Bertz CT molecular complexity index is 479. The van der Waals surface area contributed by atoms with Crippen LogP contribution < -0.4 is 16.6 Å². The van der Waals surface area contributed by atoms with Crippen LogP contribution in [0.4, 0.5) is 16.2 Å². The summed E-state index contributed by atoms with van der Waals surface area (Å²) in [6.07, 6.45) is 2.49. The summed E-state index contributed by atoms with van der Waals surface area (Å²) in [5, 5.41) is 2.67. The lowest BCUT2D eigenvalue weighted by molar-refractivity contribution is 0.599. The molecule has 0 aromatic carbocycles. The predicted molar refractivity (Wildman–Crippen MR) is 62.6 cm³/mol. The van der Waals surface area contributed by atoms with E-state index >= 15 is 0 Å². The molecule has 9 heteroatoms. The monoisotopic (exact) mass is 263 g/mol. The zero-order valence-electron chi connectivity index (χ0n) is 9.27. The number of sulfone groups is 1. The maximum atomic E-state index is 13.2. The second kappa shape index (κ2) is 5.73. The maximum absolute atomic E-state index is 13.2. The molecule has 0 spiro atoms. The minimum absolute atomic E-state index is 0.0125. The summed E-state index contributed by atoms with van der Waals surface area (Å²) in [6, 6.07) is 0. The van der Waals surface area contributed by atoms with Crippen molar-refractivity contribution in [3.05, 3.63) is 12.0 Å². The van der Waals surface area contributed by atoms with Gasteiger partial charge in [0.05, 0.1) is 11.9 Å². The van der Waals surface area contributed by atoms with Crippen molar-refractivity contribution in [3.63, 3.8) is 0 Å². The van der Waals surface area contributed by atoms with Gasteiger partial charge in [0.2, 0.25) is 5.95 Å². The normalized spacial score (nSPS) is 11.2. The number of nitrogens with two attached hydrogens (primary N) is 1. The lowest BCUT2D eigenvalue weighted by atomic mass is 10.4. The summed E-state index contributed by atoms with van der Waals surface area (Å²) in [5.41, 5.74) is 2.18. The highest BCUT2D eigenvalue weighted by molar-refractivity contribution is 7.90. The number of hydrazine groups is 1. The van der Waals surface area contributed by atoms with Crippen molar-refractivity contribution in [1.29, 1.82) is 0 Å². The molecule has 0 bridgehead atoms. The van der Waals surface area contributed by atoms with E-state index in [2.05, 4.69) is 20.7 Å². The molecule has 17 heavy (non-hydrogen) atoms. The molecule has 7 nitrogen and oxygen atoms in total. The Morgan fingerprint density at radius 1 is 1.53 bits per heavy atom. The van der Waals surface area contributed by atoms with Gasteiger partial charge in [0.25, 0.3) is 0 Å². The molecule has 0 aliphatic carbocycles. The molecule has 1 rings (SSSR count). The molecule has 0 amide bonds. The largest absolute Gasteiger partial charge is 0.367 e. The van der Waals surface area contributed by atoms with Gasteiger partial charge in [-0.25, -0.2) is 23.6 Å². The second-order valence-electron chi connectivity index (χ2n) is 3.44. The van der Waals surface area contributed by atoms with E-state index in [0.717, 1.165) is 12.5 Å². The van der Waals surface area contributed by atoms with Crippen molar-refractivity contribution in [2.24, 2.45) is 5.84 Å². The van der Waals surface area contributed by atoms with Gasteiger partial charge in [0, 0.05) is 12.8 Å². The first kappa shape index (κ1) is 13.6. The van der Waals surface area contributed by atoms with Crippen molar-refractivity contribution in [2.75, 3.05) is 29.3 Å². The van der Waals surface area contributed by atoms with E-state index in [1.807, 2.05) is 0 Å². The minimum Gasteiger partial charge on any atom is -0.367 e. The standard InChI is InChI=1S/C8H14FN5O2S/c1-17(15,16)4-2-3-11-7-6(9)5-12-8(13-7)14-10/h5H,2-4,10H2,1H3,(H2,11,12,13,14). The Morgan fingerprint density at radius 3 is 2.82 bits per heavy atom. The Balaban J connectivity index is 2.51. The van der Waals surface area contributed by atoms with Gasteiger partial charge in [0.15, 0.2) is 11.6 Å².